The second-order valence-corrected chi connectivity index (χ2v) is 10.5. The lowest BCUT2D eigenvalue weighted by atomic mass is 10.0. The molecule has 1 atom stereocenters. The number of aryl methyl sites for hydroxylation is 1. The van der Waals surface area contributed by atoms with Crippen LogP contribution in [0.25, 0.3) is 10.9 Å². The number of rotatable bonds is 5. The number of nitrogens with one attached hydrogen (secondary N) is 1. The fourth-order valence-electron chi connectivity index (χ4n) is 6.01. The molecule has 0 spiro atoms. The molecule has 0 bridgehead atoms. The molecule has 1 aliphatic carbocycles. The molecule has 2 aromatic carbocycles. The van der Waals surface area contributed by atoms with Gasteiger partial charge in [0.25, 0.3) is 5.56 Å². The monoisotopic (exact) mass is 537 g/mol. The number of alkyl halides is 3. The molecule has 0 unspecified atom stereocenters. The van der Waals surface area contributed by atoms with Crippen LogP contribution in [0.4, 0.5) is 18.9 Å². The first-order valence-corrected chi connectivity index (χ1v) is 13.4. The predicted octanol–water partition coefficient (Wildman–Crippen LogP) is 4.87. The van der Waals surface area contributed by atoms with E-state index in [2.05, 4.69) is 25.4 Å². The van der Waals surface area contributed by atoms with Gasteiger partial charge in [0.2, 0.25) is 0 Å². The summed E-state index contributed by atoms with van der Waals surface area (Å²) in [6.07, 6.45) is -0.196. The third-order valence-corrected chi connectivity index (χ3v) is 8.06. The Hall–Kier alpha value is -3.73. The van der Waals surface area contributed by atoms with E-state index in [1.807, 2.05) is 40.8 Å². The summed E-state index contributed by atoms with van der Waals surface area (Å²) in [5, 5.41) is 13.7. The third-order valence-electron chi connectivity index (χ3n) is 8.06. The number of H-pyrrole nitrogens is 1. The molecule has 1 N–H and O–H groups in total. The standard InChI is InChI=1S/C28H30F3N7O/c1-18-6-4-7-19-16-23(27(39)32-24(18)19)25(26-33-34-35-38(26)21-9-2-3-10-21)37-14-12-36(13-15-37)22-11-5-8-20(17-22)28(29,30)31/h4-8,11,16-17,21,25H,2-3,9-10,12-15H2,1H3,(H,32,39)/t25-/m0/s1. The van der Waals surface area contributed by atoms with E-state index in [4.69, 9.17) is 0 Å². The molecule has 39 heavy (non-hydrogen) atoms. The lowest BCUT2D eigenvalue weighted by molar-refractivity contribution is -0.137. The van der Waals surface area contributed by atoms with Crippen LogP contribution in [0.2, 0.25) is 0 Å². The minimum atomic E-state index is -4.39. The molecule has 2 aromatic heterocycles. The molecule has 2 fully saturated rings. The number of benzene rings is 2. The van der Waals surface area contributed by atoms with Crippen molar-refractivity contribution in [2.45, 2.75) is 50.9 Å². The van der Waals surface area contributed by atoms with E-state index in [-0.39, 0.29) is 11.6 Å². The molecule has 6 rings (SSSR count). The van der Waals surface area contributed by atoms with Crippen molar-refractivity contribution < 1.29 is 13.2 Å². The number of anilines is 1. The van der Waals surface area contributed by atoms with E-state index in [1.54, 1.807) is 6.07 Å². The highest BCUT2D eigenvalue weighted by Gasteiger charge is 2.35. The summed E-state index contributed by atoms with van der Waals surface area (Å²) >= 11 is 0. The van der Waals surface area contributed by atoms with E-state index < -0.39 is 17.8 Å². The predicted molar refractivity (Wildman–Crippen MR) is 142 cm³/mol. The normalized spacial score (nSPS) is 18.2. The number of pyridine rings is 1. The van der Waals surface area contributed by atoms with Crippen LogP contribution in [-0.2, 0) is 6.18 Å². The smallest absolute Gasteiger partial charge is 0.369 e. The molecular formula is C28H30F3N7O. The summed E-state index contributed by atoms with van der Waals surface area (Å²) in [5.41, 5.74) is 2.04. The first-order valence-electron chi connectivity index (χ1n) is 13.4. The molecule has 204 valence electrons. The second-order valence-electron chi connectivity index (χ2n) is 10.5. The Bertz CT molecular complexity index is 1530. The van der Waals surface area contributed by atoms with Crippen molar-refractivity contribution in [3.05, 3.63) is 81.4 Å². The van der Waals surface area contributed by atoms with Crippen molar-refractivity contribution in [2.24, 2.45) is 0 Å². The maximum Gasteiger partial charge on any atom is 0.416 e. The third kappa shape index (κ3) is 4.91. The molecule has 1 aliphatic heterocycles. The van der Waals surface area contributed by atoms with Gasteiger partial charge >= 0.3 is 6.18 Å². The van der Waals surface area contributed by atoms with E-state index in [9.17, 15) is 18.0 Å². The van der Waals surface area contributed by atoms with Crippen molar-refractivity contribution in [3.8, 4) is 0 Å². The Morgan fingerprint density at radius 2 is 1.74 bits per heavy atom. The van der Waals surface area contributed by atoms with Gasteiger partial charge in [-0.2, -0.15) is 13.2 Å². The van der Waals surface area contributed by atoms with Gasteiger partial charge in [-0.05, 0) is 65.4 Å². The number of fused-ring (bicyclic) bond motifs is 1. The Labute approximate surface area is 223 Å². The summed E-state index contributed by atoms with van der Waals surface area (Å²) in [4.78, 5) is 20.7. The van der Waals surface area contributed by atoms with Crippen molar-refractivity contribution in [3.63, 3.8) is 0 Å². The molecule has 1 saturated carbocycles. The maximum absolute atomic E-state index is 13.5. The lowest BCUT2D eigenvalue weighted by Crippen LogP contribution is -2.49. The van der Waals surface area contributed by atoms with Crippen molar-refractivity contribution in [2.75, 3.05) is 31.1 Å². The fourth-order valence-corrected chi connectivity index (χ4v) is 6.01. The summed E-state index contributed by atoms with van der Waals surface area (Å²) in [7, 11) is 0. The summed E-state index contributed by atoms with van der Waals surface area (Å²) in [6, 6.07) is 13.0. The topological polar surface area (TPSA) is 82.9 Å². The van der Waals surface area contributed by atoms with Crippen LogP contribution >= 0.6 is 0 Å². The molecule has 1 saturated heterocycles. The molecule has 4 aromatic rings. The van der Waals surface area contributed by atoms with Gasteiger partial charge in [0.15, 0.2) is 5.82 Å². The zero-order valence-electron chi connectivity index (χ0n) is 21.7. The highest BCUT2D eigenvalue weighted by molar-refractivity contribution is 5.82. The molecule has 11 heteroatoms. The first kappa shape index (κ1) is 25.5. The lowest BCUT2D eigenvalue weighted by Gasteiger charge is -2.40. The average molecular weight is 538 g/mol. The molecule has 3 heterocycles. The van der Waals surface area contributed by atoms with Crippen LogP contribution in [0.5, 0.6) is 0 Å². The number of piperazine rings is 1. The highest BCUT2D eigenvalue weighted by atomic mass is 19.4. The van der Waals surface area contributed by atoms with Gasteiger partial charge in [0.1, 0.15) is 6.04 Å². The van der Waals surface area contributed by atoms with Gasteiger partial charge < -0.3 is 9.88 Å². The van der Waals surface area contributed by atoms with Crippen LogP contribution < -0.4 is 10.5 Å². The largest absolute Gasteiger partial charge is 0.416 e. The average Bonchev–Trinajstić information content (AvgIpc) is 3.62. The second kappa shape index (κ2) is 10.1. The van der Waals surface area contributed by atoms with Gasteiger partial charge in [-0.1, -0.05) is 37.1 Å². The van der Waals surface area contributed by atoms with E-state index >= 15 is 0 Å². The van der Waals surface area contributed by atoms with Crippen LogP contribution in [0, 0.1) is 6.92 Å². The molecule has 8 nitrogen and oxygen atoms in total. The van der Waals surface area contributed by atoms with Crippen molar-refractivity contribution in [1.29, 1.82) is 0 Å². The molecule has 0 amide bonds. The number of halogens is 3. The number of tetrazole rings is 1. The maximum atomic E-state index is 13.5. The van der Waals surface area contributed by atoms with Gasteiger partial charge in [0, 0.05) is 37.4 Å². The number of nitrogens with zero attached hydrogens (tertiary/aromatic N) is 6. The highest BCUT2D eigenvalue weighted by Crippen LogP contribution is 2.35. The fraction of sp³-hybridized carbons (Fsp3) is 0.429. The van der Waals surface area contributed by atoms with Gasteiger partial charge in [-0.3, -0.25) is 9.69 Å². The number of hydrogen-bond acceptors (Lipinski definition) is 6. The summed E-state index contributed by atoms with van der Waals surface area (Å²) < 4.78 is 41.8. The van der Waals surface area contributed by atoms with Crippen molar-refractivity contribution >= 4 is 16.6 Å². The van der Waals surface area contributed by atoms with E-state index in [0.717, 1.165) is 48.2 Å². The number of hydrogen-bond donors (Lipinski definition) is 1. The molecule has 2 aliphatic rings. The zero-order chi connectivity index (χ0) is 27.1. The Balaban J connectivity index is 1.36. The van der Waals surface area contributed by atoms with Gasteiger partial charge in [-0.25, -0.2) is 4.68 Å². The van der Waals surface area contributed by atoms with Crippen LogP contribution in [0.15, 0.2) is 53.3 Å². The van der Waals surface area contributed by atoms with Crippen LogP contribution in [-0.4, -0.2) is 56.3 Å². The number of aromatic nitrogens is 5. The number of para-hydroxylation sites is 1. The minimum Gasteiger partial charge on any atom is -0.369 e. The molecular weight excluding hydrogens is 507 g/mol. The Morgan fingerprint density at radius 1 is 1.00 bits per heavy atom. The van der Waals surface area contributed by atoms with Gasteiger partial charge in [0.05, 0.1) is 17.1 Å². The first-order chi connectivity index (χ1) is 18.8. The van der Waals surface area contributed by atoms with Crippen molar-refractivity contribution in [1.82, 2.24) is 30.1 Å². The quantitative estimate of drug-likeness (QED) is 0.391. The Morgan fingerprint density at radius 3 is 2.49 bits per heavy atom. The molecule has 0 radical (unpaired) electrons. The minimum absolute atomic E-state index is 0.186. The SMILES string of the molecule is Cc1cccc2cc([C@@H](c3nnnn3C3CCCC3)N3CCN(c4cccc(C(F)(F)F)c4)CC3)c(=O)[nH]c12. The van der Waals surface area contributed by atoms with Gasteiger partial charge in [-0.15, -0.1) is 5.10 Å². The summed E-state index contributed by atoms with van der Waals surface area (Å²) in [5.74, 6) is 0.631. The summed E-state index contributed by atoms with van der Waals surface area (Å²) in [6.45, 7) is 4.04. The number of aromatic amines is 1. The Kier molecular flexibility index (Phi) is 6.62. The van der Waals surface area contributed by atoms with Crippen LogP contribution in [0.3, 0.4) is 0 Å². The van der Waals surface area contributed by atoms with E-state index in [0.29, 0.717) is 43.3 Å². The zero-order valence-corrected chi connectivity index (χ0v) is 21.7. The van der Waals surface area contributed by atoms with Crippen LogP contribution in [0.1, 0.15) is 60.3 Å². The van der Waals surface area contributed by atoms with E-state index in [1.165, 1.54) is 12.1 Å².